The Bertz CT molecular complexity index is 175. The van der Waals surface area contributed by atoms with E-state index < -0.39 is 0 Å². The van der Waals surface area contributed by atoms with Gasteiger partial charge in [0, 0.05) is 32.2 Å². The largest absolute Gasteiger partial charge is 0.316 e. The van der Waals surface area contributed by atoms with Crippen LogP contribution in [0.2, 0.25) is 0 Å². The van der Waals surface area contributed by atoms with Gasteiger partial charge in [0.2, 0.25) is 0 Å². The summed E-state index contributed by atoms with van der Waals surface area (Å²) in [6, 6.07) is 0.838. The van der Waals surface area contributed by atoms with Crippen molar-refractivity contribution >= 4 is 0 Å². The van der Waals surface area contributed by atoms with Crippen LogP contribution in [-0.2, 0) is 0 Å². The Morgan fingerprint density at radius 2 is 1.86 bits per heavy atom. The molecule has 0 radical (unpaired) electrons. The highest BCUT2D eigenvalue weighted by molar-refractivity contribution is 4.85. The van der Waals surface area contributed by atoms with Crippen LogP contribution in [0.15, 0.2) is 0 Å². The number of likely N-dealkylation sites (N-methyl/N-ethyl adjacent to an activating group) is 1. The Hall–Kier alpha value is -0.120. The quantitative estimate of drug-likeness (QED) is 0.649. The van der Waals surface area contributed by atoms with Gasteiger partial charge in [0.15, 0.2) is 0 Å². The summed E-state index contributed by atoms with van der Waals surface area (Å²) in [5.74, 6) is 0.826. The van der Waals surface area contributed by atoms with Crippen molar-refractivity contribution in [3.05, 3.63) is 0 Å². The van der Waals surface area contributed by atoms with E-state index in [1.165, 1.54) is 45.7 Å². The number of piperidine rings is 1. The van der Waals surface area contributed by atoms with Crippen LogP contribution in [-0.4, -0.2) is 62.2 Å². The average Bonchev–Trinajstić information content (AvgIpc) is 2.20. The summed E-state index contributed by atoms with van der Waals surface area (Å²) >= 11 is 0. The fourth-order valence-corrected chi connectivity index (χ4v) is 2.70. The minimum absolute atomic E-state index is 0.826. The van der Waals surface area contributed by atoms with Gasteiger partial charge in [-0.15, -0.1) is 0 Å². The molecule has 82 valence electrons. The van der Waals surface area contributed by atoms with Crippen LogP contribution in [0.4, 0.5) is 0 Å². The number of nitrogens with zero attached hydrogens (tertiary/aromatic N) is 2. The number of nitrogens with one attached hydrogen (secondary N) is 1. The van der Waals surface area contributed by atoms with E-state index in [0.29, 0.717) is 0 Å². The number of rotatable bonds is 1. The fourth-order valence-electron chi connectivity index (χ4n) is 2.70. The first-order valence-corrected chi connectivity index (χ1v) is 5.90. The van der Waals surface area contributed by atoms with Crippen LogP contribution in [0, 0.1) is 5.92 Å². The molecule has 2 fully saturated rings. The molecule has 2 saturated heterocycles. The minimum Gasteiger partial charge on any atom is -0.316 e. The number of piperazine rings is 1. The molecule has 0 spiro atoms. The lowest BCUT2D eigenvalue weighted by Gasteiger charge is -2.42. The van der Waals surface area contributed by atoms with E-state index in [4.69, 9.17) is 0 Å². The Balaban J connectivity index is 1.87. The first-order chi connectivity index (χ1) is 6.77. The second-order valence-corrected chi connectivity index (χ2v) is 4.88. The summed E-state index contributed by atoms with van der Waals surface area (Å²) < 4.78 is 0. The van der Waals surface area contributed by atoms with Gasteiger partial charge in [-0.3, -0.25) is 4.90 Å². The average molecular weight is 197 g/mol. The van der Waals surface area contributed by atoms with Gasteiger partial charge in [0.05, 0.1) is 0 Å². The summed E-state index contributed by atoms with van der Waals surface area (Å²) in [5.41, 5.74) is 0. The van der Waals surface area contributed by atoms with E-state index in [2.05, 4.69) is 29.1 Å². The highest BCUT2D eigenvalue weighted by Gasteiger charge is 2.28. The van der Waals surface area contributed by atoms with Crippen molar-refractivity contribution in [2.45, 2.75) is 19.4 Å². The third-order valence-electron chi connectivity index (χ3n) is 3.75. The predicted octanol–water partition coefficient (Wildman–Crippen LogP) is 0.232. The highest BCUT2D eigenvalue weighted by Crippen LogP contribution is 2.18. The molecule has 0 aromatic heterocycles. The molecular formula is C11H23N3. The molecule has 0 aromatic carbocycles. The summed E-state index contributed by atoms with van der Waals surface area (Å²) in [4.78, 5) is 5.13. The molecule has 2 rings (SSSR count). The highest BCUT2D eigenvalue weighted by atomic mass is 15.3. The second-order valence-electron chi connectivity index (χ2n) is 4.88. The van der Waals surface area contributed by atoms with E-state index in [1.807, 2.05) is 0 Å². The minimum atomic E-state index is 0.826. The lowest BCUT2D eigenvalue weighted by molar-refractivity contribution is 0.0689. The van der Waals surface area contributed by atoms with Crippen LogP contribution < -0.4 is 5.32 Å². The molecule has 1 N–H and O–H groups in total. The van der Waals surface area contributed by atoms with Crippen LogP contribution in [0.1, 0.15) is 13.3 Å². The first kappa shape index (κ1) is 10.4. The summed E-state index contributed by atoms with van der Waals surface area (Å²) in [6.45, 7) is 9.83. The second kappa shape index (κ2) is 4.60. The lowest BCUT2D eigenvalue weighted by atomic mass is 9.93. The predicted molar refractivity (Wildman–Crippen MR) is 59.5 cm³/mol. The molecule has 2 heterocycles. The van der Waals surface area contributed by atoms with Crippen molar-refractivity contribution in [2.24, 2.45) is 5.92 Å². The van der Waals surface area contributed by atoms with Crippen molar-refractivity contribution in [1.29, 1.82) is 0 Å². The first-order valence-electron chi connectivity index (χ1n) is 5.90. The maximum atomic E-state index is 3.48. The zero-order valence-corrected chi connectivity index (χ0v) is 9.50. The van der Waals surface area contributed by atoms with Gasteiger partial charge in [0.25, 0.3) is 0 Å². The maximum absolute atomic E-state index is 3.48. The van der Waals surface area contributed by atoms with Crippen molar-refractivity contribution in [3.8, 4) is 0 Å². The third-order valence-corrected chi connectivity index (χ3v) is 3.75. The van der Waals surface area contributed by atoms with E-state index in [0.717, 1.165) is 12.0 Å². The Kier molecular flexibility index (Phi) is 3.42. The van der Waals surface area contributed by atoms with Crippen molar-refractivity contribution in [3.63, 3.8) is 0 Å². The van der Waals surface area contributed by atoms with Crippen LogP contribution in [0.5, 0.6) is 0 Å². The Morgan fingerprint density at radius 1 is 1.14 bits per heavy atom. The van der Waals surface area contributed by atoms with Gasteiger partial charge < -0.3 is 10.2 Å². The monoisotopic (exact) mass is 197 g/mol. The maximum Gasteiger partial charge on any atom is 0.0146 e. The lowest BCUT2D eigenvalue weighted by Crippen LogP contribution is -2.54. The van der Waals surface area contributed by atoms with Gasteiger partial charge in [-0.1, -0.05) is 6.92 Å². The van der Waals surface area contributed by atoms with E-state index in [-0.39, 0.29) is 0 Å². The third kappa shape index (κ3) is 2.27. The summed E-state index contributed by atoms with van der Waals surface area (Å²) in [5, 5.41) is 3.48. The molecule has 0 aromatic rings. The molecule has 2 aliphatic rings. The number of hydrogen-bond donors (Lipinski definition) is 1. The van der Waals surface area contributed by atoms with Crippen LogP contribution >= 0.6 is 0 Å². The molecule has 2 unspecified atom stereocenters. The van der Waals surface area contributed by atoms with Crippen molar-refractivity contribution in [1.82, 2.24) is 15.1 Å². The molecule has 0 bridgehead atoms. The summed E-state index contributed by atoms with van der Waals surface area (Å²) in [7, 11) is 2.23. The fraction of sp³-hybridized carbons (Fsp3) is 1.00. The van der Waals surface area contributed by atoms with Gasteiger partial charge in [-0.05, 0) is 32.5 Å². The molecule has 0 saturated carbocycles. The van der Waals surface area contributed by atoms with E-state index >= 15 is 0 Å². The van der Waals surface area contributed by atoms with E-state index in [1.54, 1.807) is 0 Å². The Morgan fingerprint density at radius 3 is 2.50 bits per heavy atom. The molecule has 3 heteroatoms. The molecule has 0 amide bonds. The summed E-state index contributed by atoms with van der Waals surface area (Å²) in [6.07, 6.45) is 1.34. The van der Waals surface area contributed by atoms with Crippen LogP contribution in [0.3, 0.4) is 0 Å². The molecule has 14 heavy (non-hydrogen) atoms. The standard InChI is InChI=1S/C11H23N3/c1-10-9-12-4-3-11(10)14-7-5-13(2)6-8-14/h10-12H,3-9H2,1-2H3. The van der Waals surface area contributed by atoms with Crippen molar-refractivity contribution in [2.75, 3.05) is 46.3 Å². The van der Waals surface area contributed by atoms with Crippen LogP contribution in [0.25, 0.3) is 0 Å². The molecule has 2 aliphatic heterocycles. The zero-order chi connectivity index (χ0) is 9.97. The Labute approximate surface area is 87.4 Å². The smallest absolute Gasteiger partial charge is 0.0146 e. The van der Waals surface area contributed by atoms with E-state index in [9.17, 15) is 0 Å². The zero-order valence-electron chi connectivity index (χ0n) is 9.50. The van der Waals surface area contributed by atoms with Gasteiger partial charge >= 0.3 is 0 Å². The molecular weight excluding hydrogens is 174 g/mol. The normalized spacial score (nSPS) is 37.3. The molecule has 2 atom stereocenters. The topological polar surface area (TPSA) is 18.5 Å². The van der Waals surface area contributed by atoms with Crippen molar-refractivity contribution < 1.29 is 0 Å². The number of hydrogen-bond acceptors (Lipinski definition) is 3. The van der Waals surface area contributed by atoms with Gasteiger partial charge in [-0.2, -0.15) is 0 Å². The molecule has 0 aliphatic carbocycles. The van der Waals surface area contributed by atoms with Gasteiger partial charge in [0.1, 0.15) is 0 Å². The molecule has 3 nitrogen and oxygen atoms in total. The SMILES string of the molecule is CC1CNCCC1N1CCN(C)CC1. The van der Waals surface area contributed by atoms with Gasteiger partial charge in [-0.25, -0.2) is 0 Å².